The van der Waals surface area contributed by atoms with Gasteiger partial charge < -0.3 is 14.7 Å². The zero-order valence-corrected chi connectivity index (χ0v) is 12.1. The molecule has 2 aliphatic rings. The summed E-state index contributed by atoms with van der Waals surface area (Å²) in [7, 11) is 0. The predicted molar refractivity (Wildman–Crippen MR) is 74.6 cm³/mol. The Morgan fingerprint density at radius 2 is 2.21 bits per heavy atom. The molecule has 106 valence electrons. The van der Waals surface area contributed by atoms with Gasteiger partial charge in [-0.25, -0.2) is 4.98 Å². The smallest absolute Gasteiger partial charge is 0.205 e. The number of ether oxygens (including phenoxy) is 1. The maximum atomic E-state index is 10.3. The van der Waals surface area contributed by atoms with Crippen molar-refractivity contribution in [3.8, 4) is 0 Å². The number of aliphatic hydroxyl groups is 1. The van der Waals surface area contributed by atoms with E-state index in [1.165, 1.54) is 18.0 Å². The summed E-state index contributed by atoms with van der Waals surface area (Å²) >= 11 is 1.45. The number of hydrogen-bond donors (Lipinski definition) is 1. The highest BCUT2D eigenvalue weighted by Gasteiger charge is 2.37. The van der Waals surface area contributed by atoms with E-state index in [1.54, 1.807) is 0 Å². The number of hydrogen-bond acceptors (Lipinski definition) is 6. The van der Waals surface area contributed by atoms with Crippen LogP contribution in [0, 0.1) is 12.8 Å². The molecule has 1 aliphatic heterocycles. The summed E-state index contributed by atoms with van der Waals surface area (Å²) in [4.78, 5) is 6.80. The van der Waals surface area contributed by atoms with Crippen molar-refractivity contribution in [1.82, 2.24) is 9.36 Å². The standard InChI is InChI=1S/C13H21N3O2S/c1-9-14-13(19-15-9)16-6-7-18-8-11(16)10-4-2-3-5-12(10)17/h10-12,17H,2-8H2,1H3/t10-,11-,12+/m1/s1. The number of aromatic nitrogens is 2. The Morgan fingerprint density at radius 3 is 2.95 bits per heavy atom. The Balaban J connectivity index is 1.80. The van der Waals surface area contributed by atoms with E-state index in [1.807, 2.05) is 6.92 Å². The largest absolute Gasteiger partial charge is 0.393 e. The van der Waals surface area contributed by atoms with E-state index in [9.17, 15) is 5.11 Å². The molecule has 1 aromatic heterocycles. The number of rotatable bonds is 2. The lowest BCUT2D eigenvalue weighted by atomic mass is 9.81. The maximum Gasteiger partial charge on any atom is 0.205 e. The van der Waals surface area contributed by atoms with E-state index in [2.05, 4.69) is 14.3 Å². The van der Waals surface area contributed by atoms with Gasteiger partial charge in [0.2, 0.25) is 5.13 Å². The second-order valence-corrected chi connectivity index (χ2v) is 6.21. The molecule has 1 saturated carbocycles. The lowest BCUT2D eigenvalue weighted by molar-refractivity contribution is 0.00866. The van der Waals surface area contributed by atoms with Crippen molar-refractivity contribution in [2.24, 2.45) is 5.92 Å². The summed E-state index contributed by atoms with van der Waals surface area (Å²) in [5, 5.41) is 11.3. The van der Waals surface area contributed by atoms with Gasteiger partial charge in [-0.2, -0.15) is 4.37 Å². The van der Waals surface area contributed by atoms with E-state index >= 15 is 0 Å². The fourth-order valence-electron chi connectivity index (χ4n) is 3.21. The molecule has 5 nitrogen and oxygen atoms in total. The van der Waals surface area contributed by atoms with E-state index < -0.39 is 0 Å². The monoisotopic (exact) mass is 283 g/mol. The van der Waals surface area contributed by atoms with Crippen LogP contribution in [-0.4, -0.2) is 46.4 Å². The highest BCUT2D eigenvalue weighted by Crippen LogP contribution is 2.33. The van der Waals surface area contributed by atoms with E-state index in [4.69, 9.17) is 4.74 Å². The topological polar surface area (TPSA) is 58.5 Å². The maximum absolute atomic E-state index is 10.3. The second-order valence-electron chi connectivity index (χ2n) is 5.48. The first-order valence-corrected chi connectivity index (χ1v) is 7.86. The molecule has 0 bridgehead atoms. The van der Waals surface area contributed by atoms with Crippen molar-refractivity contribution in [3.63, 3.8) is 0 Å². The highest BCUT2D eigenvalue weighted by molar-refractivity contribution is 7.09. The van der Waals surface area contributed by atoms with Gasteiger partial charge in [0.05, 0.1) is 25.4 Å². The van der Waals surface area contributed by atoms with Crippen LogP contribution in [0.25, 0.3) is 0 Å². The van der Waals surface area contributed by atoms with Crippen LogP contribution in [0.3, 0.4) is 0 Å². The molecule has 2 fully saturated rings. The zero-order valence-electron chi connectivity index (χ0n) is 11.3. The van der Waals surface area contributed by atoms with Crippen molar-refractivity contribution in [1.29, 1.82) is 0 Å². The first kappa shape index (κ1) is 13.3. The summed E-state index contributed by atoms with van der Waals surface area (Å²) < 4.78 is 9.92. The predicted octanol–water partition coefficient (Wildman–Crippen LogP) is 1.60. The van der Waals surface area contributed by atoms with Gasteiger partial charge in [-0.05, 0) is 19.8 Å². The summed E-state index contributed by atoms with van der Waals surface area (Å²) in [6.45, 7) is 4.20. The first-order valence-electron chi connectivity index (χ1n) is 7.08. The third-order valence-electron chi connectivity index (χ3n) is 4.20. The Kier molecular flexibility index (Phi) is 4.00. The summed E-state index contributed by atoms with van der Waals surface area (Å²) in [6.07, 6.45) is 4.16. The second kappa shape index (κ2) is 5.73. The van der Waals surface area contributed by atoms with Crippen molar-refractivity contribution in [3.05, 3.63) is 5.82 Å². The molecule has 1 saturated heterocycles. The number of anilines is 1. The van der Waals surface area contributed by atoms with Crippen LogP contribution < -0.4 is 4.90 Å². The molecule has 1 aliphatic carbocycles. The van der Waals surface area contributed by atoms with Crippen LogP contribution in [0.2, 0.25) is 0 Å². The normalized spacial score (nSPS) is 32.5. The van der Waals surface area contributed by atoms with Crippen LogP contribution >= 0.6 is 11.5 Å². The lowest BCUT2D eigenvalue weighted by Gasteiger charge is -2.43. The Morgan fingerprint density at radius 1 is 1.37 bits per heavy atom. The van der Waals surface area contributed by atoms with Crippen LogP contribution in [0.15, 0.2) is 0 Å². The van der Waals surface area contributed by atoms with E-state index in [0.29, 0.717) is 12.5 Å². The van der Waals surface area contributed by atoms with Crippen molar-refractivity contribution >= 4 is 16.7 Å². The lowest BCUT2D eigenvalue weighted by Crippen LogP contribution is -2.53. The van der Waals surface area contributed by atoms with Gasteiger partial charge in [0, 0.05) is 24.0 Å². The third kappa shape index (κ3) is 2.75. The average molecular weight is 283 g/mol. The summed E-state index contributed by atoms with van der Waals surface area (Å²) in [5.41, 5.74) is 0. The molecule has 3 atom stereocenters. The molecule has 19 heavy (non-hydrogen) atoms. The third-order valence-corrected chi connectivity index (χ3v) is 5.05. The van der Waals surface area contributed by atoms with Gasteiger partial charge in [-0.1, -0.05) is 12.8 Å². The molecule has 0 spiro atoms. The molecule has 0 amide bonds. The summed E-state index contributed by atoms with van der Waals surface area (Å²) in [6, 6.07) is 0.247. The van der Waals surface area contributed by atoms with Gasteiger partial charge in [0.25, 0.3) is 0 Å². The quantitative estimate of drug-likeness (QED) is 0.893. The highest BCUT2D eigenvalue weighted by atomic mass is 32.1. The minimum Gasteiger partial charge on any atom is -0.393 e. The van der Waals surface area contributed by atoms with Crippen LogP contribution in [0.5, 0.6) is 0 Å². The minimum absolute atomic E-state index is 0.197. The zero-order chi connectivity index (χ0) is 13.2. The van der Waals surface area contributed by atoms with Crippen molar-refractivity contribution in [2.45, 2.75) is 44.8 Å². The first-order chi connectivity index (χ1) is 9.25. The van der Waals surface area contributed by atoms with Gasteiger partial charge in [-0.3, -0.25) is 0 Å². The number of aliphatic hydroxyl groups excluding tert-OH is 1. The van der Waals surface area contributed by atoms with Gasteiger partial charge in [0.15, 0.2) is 0 Å². The SMILES string of the molecule is Cc1nsc(N2CCOC[C@@H]2[C@H]2CCCC[C@@H]2O)n1. The Labute approximate surface area is 117 Å². The molecule has 3 rings (SSSR count). The van der Waals surface area contributed by atoms with Crippen LogP contribution in [0.4, 0.5) is 5.13 Å². The number of aryl methyl sites for hydroxylation is 1. The van der Waals surface area contributed by atoms with Crippen LogP contribution in [-0.2, 0) is 4.74 Å². The van der Waals surface area contributed by atoms with E-state index in [0.717, 1.165) is 43.4 Å². The molecule has 1 N–H and O–H groups in total. The summed E-state index contributed by atoms with van der Waals surface area (Å²) in [5.74, 6) is 1.13. The molecular weight excluding hydrogens is 262 g/mol. The average Bonchev–Trinajstić information content (AvgIpc) is 2.86. The minimum atomic E-state index is -0.197. The van der Waals surface area contributed by atoms with Crippen molar-refractivity contribution in [2.75, 3.05) is 24.7 Å². The number of morpholine rings is 1. The van der Waals surface area contributed by atoms with E-state index in [-0.39, 0.29) is 12.1 Å². The molecule has 6 heteroatoms. The van der Waals surface area contributed by atoms with Crippen LogP contribution in [0.1, 0.15) is 31.5 Å². The molecule has 0 radical (unpaired) electrons. The molecule has 0 aromatic carbocycles. The molecule has 2 heterocycles. The Bertz CT molecular complexity index is 426. The molecular formula is C13H21N3O2S. The van der Waals surface area contributed by atoms with Gasteiger partial charge >= 0.3 is 0 Å². The molecule has 1 aromatic rings. The van der Waals surface area contributed by atoms with Gasteiger partial charge in [0.1, 0.15) is 5.82 Å². The fraction of sp³-hybridized carbons (Fsp3) is 0.846. The van der Waals surface area contributed by atoms with Gasteiger partial charge in [-0.15, -0.1) is 0 Å². The Hall–Kier alpha value is -0.720. The number of nitrogens with zero attached hydrogens (tertiary/aromatic N) is 3. The van der Waals surface area contributed by atoms with Crippen molar-refractivity contribution < 1.29 is 9.84 Å². The fourth-order valence-corrected chi connectivity index (χ4v) is 3.97. The molecule has 0 unspecified atom stereocenters.